The normalized spacial score (nSPS) is 15.3. The SMILES string of the molecule is CN1CCN=C1NCc1cccc(O)c1. The molecule has 0 unspecified atom stereocenters. The number of rotatable bonds is 2. The van der Waals surface area contributed by atoms with Gasteiger partial charge in [0.1, 0.15) is 5.75 Å². The van der Waals surface area contributed by atoms with Gasteiger partial charge in [0.15, 0.2) is 5.96 Å². The van der Waals surface area contributed by atoms with E-state index in [-0.39, 0.29) is 0 Å². The van der Waals surface area contributed by atoms with Gasteiger partial charge in [0, 0.05) is 20.1 Å². The van der Waals surface area contributed by atoms with Crippen LogP contribution in [0.15, 0.2) is 29.3 Å². The van der Waals surface area contributed by atoms with E-state index in [1.54, 1.807) is 12.1 Å². The standard InChI is InChI=1S/C11H15N3O/c1-14-6-5-12-11(14)13-8-9-3-2-4-10(15)7-9/h2-4,7,15H,5-6,8H2,1H3,(H,12,13). The van der Waals surface area contributed by atoms with Crippen molar-refractivity contribution in [3.05, 3.63) is 29.8 Å². The van der Waals surface area contributed by atoms with Crippen LogP contribution in [-0.2, 0) is 6.54 Å². The molecule has 2 N–H and O–H groups in total. The lowest BCUT2D eigenvalue weighted by molar-refractivity contribution is 0.474. The first-order valence-corrected chi connectivity index (χ1v) is 5.03. The Labute approximate surface area is 89.2 Å². The Kier molecular flexibility index (Phi) is 2.76. The van der Waals surface area contributed by atoms with E-state index < -0.39 is 0 Å². The first-order chi connectivity index (χ1) is 7.25. The van der Waals surface area contributed by atoms with Crippen LogP contribution in [0.5, 0.6) is 5.75 Å². The van der Waals surface area contributed by atoms with Crippen molar-refractivity contribution in [1.82, 2.24) is 10.2 Å². The van der Waals surface area contributed by atoms with Crippen molar-refractivity contribution in [2.24, 2.45) is 4.99 Å². The van der Waals surface area contributed by atoms with E-state index in [1.807, 2.05) is 19.2 Å². The summed E-state index contributed by atoms with van der Waals surface area (Å²) in [5.74, 6) is 1.23. The summed E-state index contributed by atoms with van der Waals surface area (Å²) in [4.78, 5) is 6.41. The highest BCUT2D eigenvalue weighted by molar-refractivity contribution is 5.81. The Morgan fingerprint density at radius 2 is 2.40 bits per heavy atom. The molecular formula is C11H15N3O. The molecule has 0 aromatic heterocycles. The van der Waals surface area contributed by atoms with Gasteiger partial charge < -0.3 is 15.3 Å². The minimum absolute atomic E-state index is 0.302. The molecule has 0 aliphatic carbocycles. The van der Waals surface area contributed by atoms with E-state index in [9.17, 15) is 5.11 Å². The highest BCUT2D eigenvalue weighted by Crippen LogP contribution is 2.10. The Hall–Kier alpha value is -1.71. The molecule has 0 bridgehead atoms. The van der Waals surface area contributed by atoms with Crippen LogP contribution in [0.3, 0.4) is 0 Å². The number of benzene rings is 1. The van der Waals surface area contributed by atoms with Gasteiger partial charge in [-0.3, -0.25) is 4.99 Å². The largest absolute Gasteiger partial charge is 0.508 e. The zero-order chi connectivity index (χ0) is 10.7. The van der Waals surface area contributed by atoms with Crippen molar-refractivity contribution < 1.29 is 5.11 Å². The van der Waals surface area contributed by atoms with Crippen LogP contribution >= 0.6 is 0 Å². The lowest BCUT2D eigenvalue weighted by Crippen LogP contribution is -2.35. The van der Waals surface area contributed by atoms with Gasteiger partial charge >= 0.3 is 0 Å². The predicted octanol–water partition coefficient (Wildman–Crippen LogP) is 0.783. The number of aliphatic imine (C=N–C) groups is 1. The highest BCUT2D eigenvalue weighted by atomic mass is 16.3. The van der Waals surface area contributed by atoms with E-state index >= 15 is 0 Å². The molecule has 2 rings (SSSR count). The summed E-state index contributed by atoms with van der Waals surface area (Å²) >= 11 is 0. The quantitative estimate of drug-likeness (QED) is 0.750. The van der Waals surface area contributed by atoms with Crippen LogP contribution in [0, 0.1) is 0 Å². The fourth-order valence-corrected chi connectivity index (χ4v) is 1.57. The third-order valence-corrected chi connectivity index (χ3v) is 2.42. The second-order valence-corrected chi connectivity index (χ2v) is 3.65. The highest BCUT2D eigenvalue weighted by Gasteiger charge is 2.10. The summed E-state index contributed by atoms with van der Waals surface area (Å²) in [5.41, 5.74) is 1.05. The maximum atomic E-state index is 9.29. The Balaban J connectivity index is 1.93. The maximum Gasteiger partial charge on any atom is 0.194 e. The molecule has 80 valence electrons. The molecule has 4 heteroatoms. The number of hydrogen-bond acceptors (Lipinski definition) is 4. The van der Waals surface area contributed by atoms with E-state index in [1.165, 1.54) is 0 Å². The van der Waals surface area contributed by atoms with Gasteiger partial charge in [-0.05, 0) is 17.7 Å². The minimum atomic E-state index is 0.302. The topological polar surface area (TPSA) is 47.9 Å². The first-order valence-electron chi connectivity index (χ1n) is 5.03. The number of hydrogen-bond donors (Lipinski definition) is 2. The van der Waals surface area contributed by atoms with Crippen LogP contribution in [-0.4, -0.2) is 36.1 Å². The summed E-state index contributed by atoms with van der Waals surface area (Å²) in [7, 11) is 2.02. The third kappa shape index (κ3) is 2.40. The molecule has 1 aromatic carbocycles. The van der Waals surface area contributed by atoms with Crippen molar-refractivity contribution in [3.63, 3.8) is 0 Å². The summed E-state index contributed by atoms with van der Waals surface area (Å²) in [6, 6.07) is 7.24. The Bertz CT molecular complexity index is 376. The van der Waals surface area contributed by atoms with Crippen LogP contribution < -0.4 is 5.32 Å². The molecule has 1 aromatic rings. The van der Waals surface area contributed by atoms with Crippen LogP contribution in [0.25, 0.3) is 0 Å². The first kappa shape index (κ1) is 9.83. The smallest absolute Gasteiger partial charge is 0.194 e. The van der Waals surface area contributed by atoms with Gasteiger partial charge in [-0.1, -0.05) is 12.1 Å². The van der Waals surface area contributed by atoms with Crippen molar-refractivity contribution in [3.8, 4) is 5.75 Å². The number of aromatic hydroxyl groups is 1. The molecule has 0 atom stereocenters. The molecule has 1 aliphatic rings. The lowest BCUT2D eigenvalue weighted by atomic mass is 10.2. The molecule has 0 radical (unpaired) electrons. The van der Waals surface area contributed by atoms with Gasteiger partial charge in [0.2, 0.25) is 0 Å². The van der Waals surface area contributed by atoms with Crippen molar-refractivity contribution in [2.75, 3.05) is 20.1 Å². The van der Waals surface area contributed by atoms with Gasteiger partial charge in [-0.2, -0.15) is 0 Å². The van der Waals surface area contributed by atoms with E-state index in [4.69, 9.17) is 0 Å². The van der Waals surface area contributed by atoms with Crippen molar-refractivity contribution in [2.45, 2.75) is 6.54 Å². The average Bonchev–Trinajstić information content (AvgIpc) is 2.61. The molecule has 0 amide bonds. The zero-order valence-electron chi connectivity index (χ0n) is 8.77. The molecule has 4 nitrogen and oxygen atoms in total. The molecular weight excluding hydrogens is 190 g/mol. The summed E-state index contributed by atoms with van der Waals surface area (Å²) in [6.45, 7) is 2.53. The predicted molar refractivity (Wildman–Crippen MR) is 59.9 cm³/mol. The second-order valence-electron chi connectivity index (χ2n) is 3.65. The Morgan fingerprint density at radius 3 is 3.07 bits per heavy atom. The number of phenols is 1. The molecule has 1 heterocycles. The number of nitrogens with one attached hydrogen (secondary N) is 1. The van der Waals surface area contributed by atoms with E-state index in [0.717, 1.165) is 24.6 Å². The second kappa shape index (κ2) is 4.21. The Morgan fingerprint density at radius 1 is 1.53 bits per heavy atom. The lowest BCUT2D eigenvalue weighted by Gasteiger charge is -2.15. The third-order valence-electron chi connectivity index (χ3n) is 2.42. The summed E-state index contributed by atoms with van der Waals surface area (Å²) < 4.78 is 0. The van der Waals surface area contributed by atoms with Crippen LogP contribution in [0.1, 0.15) is 5.56 Å². The average molecular weight is 205 g/mol. The van der Waals surface area contributed by atoms with Gasteiger partial charge in [-0.25, -0.2) is 0 Å². The number of phenolic OH excluding ortho intramolecular Hbond substituents is 1. The molecule has 15 heavy (non-hydrogen) atoms. The number of likely N-dealkylation sites (N-methyl/N-ethyl adjacent to an activating group) is 1. The molecule has 0 saturated heterocycles. The monoisotopic (exact) mass is 205 g/mol. The van der Waals surface area contributed by atoms with Crippen LogP contribution in [0.2, 0.25) is 0 Å². The molecule has 0 saturated carbocycles. The molecule has 1 aliphatic heterocycles. The zero-order valence-corrected chi connectivity index (χ0v) is 8.77. The van der Waals surface area contributed by atoms with Gasteiger partial charge in [0.25, 0.3) is 0 Å². The number of nitrogens with zero attached hydrogens (tertiary/aromatic N) is 2. The summed E-state index contributed by atoms with van der Waals surface area (Å²) in [6.07, 6.45) is 0. The van der Waals surface area contributed by atoms with E-state index in [2.05, 4.69) is 15.2 Å². The molecule has 0 fully saturated rings. The summed E-state index contributed by atoms with van der Waals surface area (Å²) in [5, 5.41) is 12.5. The minimum Gasteiger partial charge on any atom is -0.508 e. The van der Waals surface area contributed by atoms with Gasteiger partial charge in [-0.15, -0.1) is 0 Å². The fourth-order valence-electron chi connectivity index (χ4n) is 1.57. The van der Waals surface area contributed by atoms with Gasteiger partial charge in [0.05, 0.1) is 6.54 Å². The number of guanidine groups is 1. The van der Waals surface area contributed by atoms with Crippen molar-refractivity contribution >= 4 is 5.96 Å². The maximum absolute atomic E-state index is 9.29. The van der Waals surface area contributed by atoms with Crippen molar-refractivity contribution in [1.29, 1.82) is 0 Å². The van der Waals surface area contributed by atoms with Crippen LogP contribution in [0.4, 0.5) is 0 Å². The molecule has 0 spiro atoms. The fraction of sp³-hybridized carbons (Fsp3) is 0.364. The van der Waals surface area contributed by atoms with E-state index in [0.29, 0.717) is 12.3 Å².